The molecule has 0 aliphatic rings. The molecular weight excluding hydrogens is 269 g/mol. The Balaban J connectivity index is 1.89. The van der Waals surface area contributed by atoms with Crippen molar-refractivity contribution in [2.45, 2.75) is 0 Å². The van der Waals surface area contributed by atoms with E-state index in [1.807, 2.05) is 24.3 Å². The first-order valence-electron chi connectivity index (χ1n) is 6.36. The number of amides is 1. The summed E-state index contributed by atoms with van der Waals surface area (Å²) in [4.78, 5) is 11.7. The smallest absolute Gasteiger partial charge is 0.252 e. The van der Waals surface area contributed by atoms with Gasteiger partial charge >= 0.3 is 0 Å². The van der Waals surface area contributed by atoms with Gasteiger partial charge in [0.05, 0.1) is 13.7 Å². The van der Waals surface area contributed by atoms with Crippen molar-refractivity contribution in [2.24, 2.45) is 0 Å². The first-order chi connectivity index (χ1) is 10.2. The number of halogens is 1. The SMILES string of the molecule is COc1ccc(C#CCNC(=O)c2cccc(F)c2)cc1. The molecule has 106 valence electrons. The van der Waals surface area contributed by atoms with Crippen LogP contribution < -0.4 is 10.1 Å². The molecule has 0 bridgehead atoms. The van der Waals surface area contributed by atoms with Crippen molar-refractivity contribution in [3.8, 4) is 17.6 Å². The van der Waals surface area contributed by atoms with Gasteiger partial charge in [-0.1, -0.05) is 17.9 Å². The largest absolute Gasteiger partial charge is 0.497 e. The highest BCUT2D eigenvalue weighted by Crippen LogP contribution is 2.10. The highest BCUT2D eigenvalue weighted by Gasteiger charge is 2.04. The Morgan fingerprint density at radius 3 is 2.67 bits per heavy atom. The van der Waals surface area contributed by atoms with Crippen LogP contribution in [0.15, 0.2) is 48.5 Å². The van der Waals surface area contributed by atoms with Crippen LogP contribution in [0.25, 0.3) is 0 Å². The van der Waals surface area contributed by atoms with Gasteiger partial charge in [0, 0.05) is 11.1 Å². The van der Waals surface area contributed by atoms with Crippen LogP contribution >= 0.6 is 0 Å². The zero-order chi connectivity index (χ0) is 15.1. The summed E-state index contributed by atoms with van der Waals surface area (Å²) in [6.07, 6.45) is 0. The zero-order valence-electron chi connectivity index (χ0n) is 11.5. The fraction of sp³-hybridized carbons (Fsp3) is 0.118. The van der Waals surface area contributed by atoms with E-state index in [1.165, 1.54) is 18.2 Å². The minimum absolute atomic E-state index is 0.196. The summed E-state index contributed by atoms with van der Waals surface area (Å²) in [6.45, 7) is 0.196. The molecule has 1 amide bonds. The van der Waals surface area contributed by atoms with Gasteiger partial charge in [0.15, 0.2) is 0 Å². The topological polar surface area (TPSA) is 38.3 Å². The van der Waals surface area contributed by atoms with E-state index in [2.05, 4.69) is 17.2 Å². The Morgan fingerprint density at radius 1 is 1.24 bits per heavy atom. The van der Waals surface area contributed by atoms with E-state index in [0.29, 0.717) is 0 Å². The molecule has 2 aromatic rings. The Labute approximate surface area is 122 Å². The third-order valence-electron chi connectivity index (χ3n) is 2.75. The summed E-state index contributed by atoms with van der Waals surface area (Å²) in [6, 6.07) is 12.8. The number of nitrogens with one attached hydrogen (secondary N) is 1. The normalized spacial score (nSPS) is 9.43. The zero-order valence-corrected chi connectivity index (χ0v) is 11.5. The van der Waals surface area contributed by atoms with Crippen molar-refractivity contribution in [1.82, 2.24) is 5.32 Å². The molecule has 0 radical (unpaired) electrons. The van der Waals surface area contributed by atoms with Crippen molar-refractivity contribution >= 4 is 5.91 Å². The van der Waals surface area contributed by atoms with Crippen LogP contribution in [-0.4, -0.2) is 19.6 Å². The molecule has 0 saturated heterocycles. The van der Waals surface area contributed by atoms with Gasteiger partial charge in [0.25, 0.3) is 5.91 Å². The molecule has 0 fully saturated rings. The predicted molar refractivity (Wildman–Crippen MR) is 78.6 cm³/mol. The first-order valence-corrected chi connectivity index (χ1v) is 6.36. The fourth-order valence-electron chi connectivity index (χ4n) is 1.68. The van der Waals surface area contributed by atoms with Crippen LogP contribution in [0.5, 0.6) is 5.75 Å². The van der Waals surface area contributed by atoms with Gasteiger partial charge in [-0.05, 0) is 42.5 Å². The van der Waals surface area contributed by atoms with E-state index < -0.39 is 5.82 Å². The molecule has 0 saturated carbocycles. The van der Waals surface area contributed by atoms with E-state index in [1.54, 1.807) is 13.2 Å². The molecule has 0 aromatic heterocycles. The second-order valence-electron chi connectivity index (χ2n) is 4.22. The molecule has 0 aliphatic heterocycles. The molecule has 0 heterocycles. The van der Waals surface area contributed by atoms with Crippen molar-refractivity contribution in [2.75, 3.05) is 13.7 Å². The summed E-state index contributed by atoms with van der Waals surface area (Å²) >= 11 is 0. The number of carbonyl (C=O) groups is 1. The van der Waals surface area contributed by atoms with Crippen LogP contribution in [0.3, 0.4) is 0 Å². The number of ether oxygens (including phenoxy) is 1. The molecular formula is C17H14FNO2. The molecule has 4 heteroatoms. The first kappa shape index (κ1) is 14.6. The lowest BCUT2D eigenvalue weighted by molar-refractivity contribution is 0.0958. The van der Waals surface area contributed by atoms with E-state index in [9.17, 15) is 9.18 Å². The van der Waals surface area contributed by atoms with Crippen LogP contribution in [0.2, 0.25) is 0 Å². The number of benzene rings is 2. The van der Waals surface area contributed by atoms with Gasteiger partial charge < -0.3 is 10.1 Å². The fourth-order valence-corrected chi connectivity index (χ4v) is 1.68. The lowest BCUT2D eigenvalue weighted by Crippen LogP contribution is -2.23. The predicted octanol–water partition coefficient (Wildman–Crippen LogP) is 2.62. The van der Waals surface area contributed by atoms with Crippen molar-refractivity contribution in [3.05, 3.63) is 65.5 Å². The maximum atomic E-state index is 13.0. The third-order valence-corrected chi connectivity index (χ3v) is 2.75. The summed E-state index contributed by atoms with van der Waals surface area (Å²) in [5, 5.41) is 2.62. The summed E-state index contributed by atoms with van der Waals surface area (Å²) in [5.74, 6) is 5.74. The second-order valence-corrected chi connectivity index (χ2v) is 4.22. The Hall–Kier alpha value is -2.80. The van der Waals surface area contributed by atoms with Crippen LogP contribution in [0.1, 0.15) is 15.9 Å². The number of rotatable bonds is 3. The van der Waals surface area contributed by atoms with E-state index in [-0.39, 0.29) is 18.0 Å². The molecule has 2 aromatic carbocycles. The quantitative estimate of drug-likeness (QED) is 0.879. The average Bonchev–Trinajstić information content (AvgIpc) is 2.52. The Bertz CT molecular complexity index is 684. The maximum Gasteiger partial charge on any atom is 0.252 e. The molecule has 1 N–H and O–H groups in total. The third kappa shape index (κ3) is 4.36. The lowest BCUT2D eigenvalue weighted by atomic mass is 10.2. The standard InChI is InChI=1S/C17H14FNO2/c1-21-16-9-7-13(8-10-16)4-3-11-19-17(20)14-5-2-6-15(18)12-14/h2,5-10,12H,11H2,1H3,(H,19,20). The van der Waals surface area contributed by atoms with Crippen molar-refractivity contribution in [1.29, 1.82) is 0 Å². The monoisotopic (exact) mass is 283 g/mol. The van der Waals surface area contributed by atoms with Crippen LogP contribution in [0.4, 0.5) is 4.39 Å². The van der Waals surface area contributed by atoms with E-state index in [0.717, 1.165) is 11.3 Å². The van der Waals surface area contributed by atoms with Crippen LogP contribution in [0, 0.1) is 17.7 Å². The van der Waals surface area contributed by atoms with Gasteiger partial charge in [-0.3, -0.25) is 4.79 Å². The van der Waals surface area contributed by atoms with Gasteiger partial charge in [-0.2, -0.15) is 0 Å². The molecule has 0 unspecified atom stereocenters. The van der Waals surface area contributed by atoms with Crippen LogP contribution in [-0.2, 0) is 0 Å². The average molecular weight is 283 g/mol. The molecule has 0 spiro atoms. The molecule has 0 aliphatic carbocycles. The number of hydrogen-bond acceptors (Lipinski definition) is 2. The van der Waals surface area contributed by atoms with E-state index >= 15 is 0 Å². The minimum atomic E-state index is -0.438. The van der Waals surface area contributed by atoms with Gasteiger partial charge in [0.1, 0.15) is 11.6 Å². The second kappa shape index (κ2) is 7.11. The summed E-state index contributed by atoms with van der Waals surface area (Å²) < 4.78 is 18.0. The highest BCUT2D eigenvalue weighted by atomic mass is 19.1. The Morgan fingerprint density at radius 2 is 2.00 bits per heavy atom. The molecule has 0 atom stereocenters. The number of hydrogen-bond donors (Lipinski definition) is 1. The number of carbonyl (C=O) groups excluding carboxylic acids is 1. The van der Waals surface area contributed by atoms with Crippen molar-refractivity contribution in [3.63, 3.8) is 0 Å². The minimum Gasteiger partial charge on any atom is -0.497 e. The van der Waals surface area contributed by atoms with Gasteiger partial charge in [0.2, 0.25) is 0 Å². The number of methoxy groups -OCH3 is 1. The molecule has 2 rings (SSSR count). The van der Waals surface area contributed by atoms with E-state index in [4.69, 9.17) is 4.74 Å². The Kier molecular flexibility index (Phi) is 4.94. The highest BCUT2D eigenvalue weighted by molar-refractivity contribution is 5.94. The lowest BCUT2D eigenvalue weighted by Gasteiger charge is -2.01. The van der Waals surface area contributed by atoms with Gasteiger partial charge in [-0.15, -0.1) is 0 Å². The molecule has 3 nitrogen and oxygen atoms in total. The molecule has 21 heavy (non-hydrogen) atoms. The summed E-state index contributed by atoms with van der Waals surface area (Å²) in [5.41, 5.74) is 1.11. The maximum absolute atomic E-state index is 13.0. The van der Waals surface area contributed by atoms with Gasteiger partial charge in [-0.25, -0.2) is 4.39 Å². The summed E-state index contributed by atoms with van der Waals surface area (Å²) in [7, 11) is 1.60. The van der Waals surface area contributed by atoms with Crippen molar-refractivity contribution < 1.29 is 13.9 Å².